The Kier molecular flexibility index (Phi) is 4.83. The van der Waals surface area contributed by atoms with Gasteiger partial charge in [-0.15, -0.1) is 0 Å². The number of hydrogen-bond donors (Lipinski definition) is 2. The van der Waals surface area contributed by atoms with Crippen LogP contribution in [0.1, 0.15) is 18.0 Å². The Bertz CT molecular complexity index is 1000. The third-order valence-electron chi connectivity index (χ3n) is 3.91. The highest BCUT2D eigenvalue weighted by atomic mass is 32.2. The van der Waals surface area contributed by atoms with Gasteiger partial charge >= 0.3 is 5.97 Å². The van der Waals surface area contributed by atoms with Gasteiger partial charge in [0.2, 0.25) is 10.0 Å². The lowest BCUT2D eigenvalue weighted by Crippen LogP contribution is -2.30. The molecule has 5 nitrogen and oxygen atoms in total. The number of aliphatic carboxylic acids is 1. The van der Waals surface area contributed by atoms with E-state index >= 15 is 0 Å². The molecule has 0 saturated heterocycles. The van der Waals surface area contributed by atoms with Gasteiger partial charge in [0.1, 0.15) is 0 Å². The second-order valence-corrected chi connectivity index (χ2v) is 7.41. The lowest BCUT2D eigenvalue weighted by Gasteiger charge is -2.18. The zero-order chi connectivity index (χ0) is 17.9. The van der Waals surface area contributed by atoms with Gasteiger partial charge in [0.25, 0.3) is 0 Å². The van der Waals surface area contributed by atoms with E-state index in [0.29, 0.717) is 5.56 Å². The van der Waals surface area contributed by atoms with E-state index in [1.165, 1.54) is 6.07 Å². The van der Waals surface area contributed by atoms with Crippen LogP contribution in [-0.2, 0) is 14.8 Å². The molecule has 0 unspecified atom stereocenters. The fourth-order valence-electron chi connectivity index (χ4n) is 2.68. The van der Waals surface area contributed by atoms with Gasteiger partial charge in [-0.25, -0.2) is 13.1 Å². The molecule has 0 radical (unpaired) electrons. The number of hydrogen-bond acceptors (Lipinski definition) is 3. The van der Waals surface area contributed by atoms with Crippen LogP contribution in [0.5, 0.6) is 0 Å². The van der Waals surface area contributed by atoms with E-state index in [2.05, 4.69) is 4.72 Å². The quantitative estimate of drug-likeness (QED) is 0.710. The maximum absolute atomic E-state index is 12.7. The zero-order valence-electron chi connectivity index (χ0n) is 13.3. The van der Waals surface area contributed by atoms with Crippen LogP contribution in [0.4, 0.5) is 0 Å². The van der Waals surface area contributed by atoms with Gasteiger partial charge in [-0.05, 0) is 28.5 Å². The van der Waals surface area contributed by atoms with Crippen molar-refractivity contribution in [1.29, 1.82) is 0 Å². The van der Waals surface area contributed by atoms with E-state index in [1.807, 2.05) is 24.3 Å². The summed E-state index contributed by atoms with van der Waals surface area (Å²) in [6, 6.07) is 20.1. The van der Waals surface area contributed by atoms with E-state index in [1.54, 1.807) is 42.5 Å². The van der Waals surface area contributed by atoms with Crippen LogP contribution in [0.15, 0.2) is 77.7 Å². The molecule has 0 saturated carbocycles. The van der Waals surface area contributed by atoms with Crippen molar-refractivity contribution in [3.8, 4) is 0 Å². The summed E-state index contributed by atoms with van der Waals surface area (Å²) in [7, 11) is -3.86. The molecule has 6 heteroatoms. The van der Waals surface area contributed by atoms with Gasteiger partial charge in [0.15, 0.2) is 0 Å². The van der Waals surface area contributed by atoms with Gasteiger partial charge in [0.05, 0.1) is 17.4 Å². The standard InChI is InChI=1S/C19H17NO4S/c21-19(22)13-18(15-7-2-1-3-8-15)20-25(23,24)17-11-10-14-6-4-5-9-16(14)12-17/h1-12,18,20H,13H2,(H,21,22)/t18-/m0/s1. The van der Waals surface area contributed by atoms with E-state index in [-0.39, 0.29) is 11.3 Å². The molecular formula is C19H17NO4S. The summed E-state index contributed by atoms with van der Waals surface area (Å²) in [5.74, 6) is -1.07. The first-order valence-corrected chi connectivity index (χ1v) is 9.22. The van der Waals surface area contributed by atoms with Crippen LogP contribution in [0, 0.1) is 0 Å². The molecular weight excluding hydrogens is 338 g/mol. The largest absolute Gasteiger partial charge is 0.481 e. The second kappa shape index (κ2) is 7.04. The van der Waals surface area contributed by atoms with E-state index in [0.717, 1.165) is 10.8 Å². The van der Waals surface area contributed by atoms with Crippen molar-refractivity contribution in [2.24, 2.45) is 0 Å². The smallest absolute Gasteiger partial charge is 0.305 e. The van der Waals surface area contributed by atoms with Crippen LogP contribution in [0.2, 0.25) is 0 Å². The molecule has 0 bridgehead atoms. The SMILES string of the molecule is O=C(O)C[C@H](NS(=O)(=O)c1ccc2ccccc2c1)c1ccccc1. The predicted octanol–water partition coefficient (Wildman–Crippen LogP) is 3.33. The maximum Gasteiger partial charge on any atom is 0.305 e. The molecule has 3 rings (SSSR count). The lowest BCUT2D eigenvalue weighted by atomic mass is 10.1. The van der Waals surface area contributed by atoms with Gasteiger partial charge in [-0.3, -0.25) is 4.79 Å². The number of nitrogens with one attached hydrogen (secondary N) is 1. The number of rotatable bonds is 6. The lowest BCUT2D eigenvalue weighted by molar-refractivity contribution is -0.137. The molecule has 0 aliphatic carbocycles. The number of carboxylic acids is 1. The minimum atomic E-state index is -3.86. The fraction of sp³-hybridized carbons (Fsp3) is 0.105. The van der Waals surface area contributed by atoms with E-state index in [9.17, 15) is 13.2 Å². The molecule has 1 atom stereocenters. The van der Waals surface area contributed by atoms with Gasteiger partial charge in [-0.2, -0.15) is 0 Å². The molecule has 0 aliphatic rings. The summed E-state index contributed by atoms with van der Waals surface area (Å²) in [5.41, 5.74) is 0.606. The third-order valence-corrected chi connectivity index (χ3v) is 5.38. The normalized spacial score (nSPS) is 12.8. The number of fused-ring (bicyclic) bond motifs is 1. The molecule has 0 heterocycles. The van der Waals surface area contributed by atoms with Crippen LogP contribution in [0.25, 0.3) is 10.8 Å². The first-order chi connectivity index (χ1) is 12.0. The summed E-state index contributed by atoms with van der Waals surface area (Å²) in [6.07, 6.45) is -0.336. The summed E-state index contributed by atoms with van der Waals surface area (Å²) in [4.78, 5) is 11.3. The van der Waals surface area contributed by atoms with Crippen LogP contribution in [0.3, 0.4) is 0 Å². The Morgan fingerprint density at radius 1 is 0.920 bits per heavy atom. The monoisotopic (exact) mass is 355 g/mol. The van der Waals surface area contributed by atoms with Crippen molar-refractivity contribution in [3.05, 3.63) is 78.4 Å². The molecule has 3 aromatic carbocycles. The first-order valence-electron chi connectivity index (χ1n) is 7.73. The molecule has 0 fully saturated rings. The average molecular weight is 355 g/mol. The average Bonchev–Trinajstić information content (AvgIpc) is 2.61. The first kappa shape index (κ1) is 17.1. The van der Waals surface area contributed by atoms with Crippen molar-refractivity contribution in [3.63, 3.8) is 0 Å². The minimum Gasteiger partial charge on any atom is -0.481 e. The molecule has 3 aromatic rings. The summed E-state index contributed by atoms with van der Waals surface area (Å²) < 4.78 is 28.0. The molecule has 0 aromatic heterocycles. The summed E-state index contributed by atoms with van der Waals surface area (Å²) in [5, 5.41) is 10.9. The Morgan fingerprint density at radius 3 is 2.24 bits per heavy atom. The maximum atomic E-state index is 12.7. The van der Waals surface area contributed by atoms with Crippen molar-refractivity contribution in [2.75, 3.05) is 0 Å². The van der Waals surface area contributed by atoms with Gasteiger partial charge in [-0.1, -0.05) is 60.7 Å². The Labute approximate surface area is 146 Å². The minimum absolute atomic E-state index is 0.109. The zero-order valence-corrected chi connectivity index (χ0v) is 14.1. The summed E-state index contributed by atoms with van der Waals surface area (Å²) >= 11 is 0. The van der Waals surface area contributed by atoms with Crippen LogP contribution < -0.4 is 4.72 Å². The predicted molar refractivity (Wildman–Crippen MR) is 95.7 cm³/mol. The molecule has 128 valence electrons. The topological polar surface area (TPSA) is 83.5 Å². The highest BCUT2D eigenvalue weighted by Crippen LogP contribution is 2.23. The molecule has 0 aliphatic heterocycles. The Balaban J connectivity index is 1.95. The van der Waals surface area contributed by atoms with Crippen molar-refractivity contribution >= 4 is 26.8 Å². The molecule has 0 amide bonds. The summed E-state index contributed by atoms with van der Waals surface area (Å²) in [6.45, 7) is 0. The fourth-order valence-corrected chi connectivity index (χ4v) is 3.94. The molecule has 25 heavy (non-hydrogen) atoms. The van der Waals surface area contributed by atoms with Crippen molar-refractivity contribution in [1.82, 2.24) is 4.72 Å². The Hall–Kier alpha value is -2.70. The molecule has 2 N–H and O–H groups in total. The number of benzene rings is 3. The van der Waals surface area contributed by atoms with Gasteiger partial charge in [0, 0.05) is 0 Å². The highest BCUT2D eigenvalue weighted by Gasteiger charge is 2.23. The molecule has 0 spiro atoms. The van der Waals surface area contributed by atoms with Crippen molar-refractivity contribution in [2.45, 2.75) is 17.4 Å². The number of carboxylic acid groups (broad SMARTS) is 1. The van der Waals surface area contributed by atoms with E-state index < -0.39 is 22.0 Å². The number of carbonyl (C=O) groups is 1. The van der Waals surface area contributed by atoms with E-state index in [4.69, 9.17) is 5.11 Å². The number of sulfonamides is 1. The third kappa shape index (κ3) is 4.04. The van der Waals surface area contributed by atoms with Crippen LogP contribution in [-0.4, -0.2) is 19.5 Å². The van der Waals surface area contributed by atoms with Crippen molar-refractivity contribution < 1.29 is 18.3 Å². The highest BCUT2D eigenvalue weighted by molar-refractivity contribution is 7.89. The Morgan fingerprint density at radius 2 is 1.56 bits per heavy atom. The van der Waals surface area contributed by atoms with Crippen LogP contribution >= 0.6 is 0 Å². The van der Waals surface area contributed by atoms with Gasteiger partial charge < -0.3 is 5.11 Å². The second-order valence-electron chi connectivity index (χ2n) is 5.69.